The first-order valence-electron chi connectivity index (χ1n) is 8.94. The van der Waals surface area contributed by atoms with E-state index in [0.717, 1.165) is 6.16 Å². The van der Waals surface area contributed by atoms with Gasteiger partial charge in [-0.15, -0.1) is 0 Å². The summed E-state index contributed by atoms with van der Waals surface area (Å²) in [6.45, 7) is 0. The van der Waals surface area contributed by atoms with Crippen molar-refractivity contribution in [2.24, 2.45) is 0 Å². The first-order valence-corrected chi connectivity index (χ1v) is 10.9. The third-order valence-electron chi connectivity index (χ3n) is 4.76. The zero-order valence-corrected chi connectivity index (χ0v) is 15.8. The van der Waals surface area contributed by atoms with Gasteiger partial charge in [0.05, 0.1) is 6.16 Å². The molecule has 4 rings (SSSR count). The number of ether oxygens (including phenoxy) is 1. The van der Waals surface area contributed by atoms with Crippen molar-refractivity contribution in [2.75, 3.05) is 6.16 Å². The molecular weight excluding hydrogens is 351 g/mol. The minimum Gasteiger partial charge on any atom is -0.424 e. The second kappa shape index (κ2) is 7.73. The maximum absolute atomic E-state index is 11.4. The smallest absolute Gasteiger partial charge is 0.336 e. The summed E-state index contributed by atoms with van der Waals surface area (Å²) in [7, 11) is -1.93. The summed E-state index contributed by atoms with van der Waals surface area (Å²) >= 11 is 0. The Bertz CT molecular complexity index is 880. The molecular formula is C24H20O2P+. The molecule has 27 heavy (non-hydrogen) atoms. The first-order chi connectivity index (χ1) is 13.3. The Labute approximate surface area is 160 Å². The Hall–Kier alpha value is -2.96. The van der Waals surface area contributed by atoms with Crippen molar-refractivity contribution in [3.05, 3.63) is 115 Å². The third-order valence-corrected chi connectivity index (χ3v) is 9.03. The van der Waals surface area contributed by atoms with E-state index < -0.39 is 7.26 Å². The van der Waals surface area contributed by atoms with Crippen LogP contribution in [0, 0.1) is 0 Å². The molecule has 3 aromatic rings. The maximum Gasteiger partial charge on any atom is 0.336 e. The van der Waals surface area contributed by atoms with E-state index in [9.17, 15) is 4.79 Å². The quantitative estimate of drug-likeness (QED) is 0.501. The summed E-state index contributed by atoms with van der Waals surface area (Å²) in [6, 6.07) is 32.0. The van der Waals surface area contributed by atoms with Crippen molar-refractivity contribution in [3.8, 4) is 0 Å². The zero-order valence-electron chi connectivity index (χ0n) is 14.9. The van der Waals surface area contributed by atoms with Crippen molar-refractivity contribution < 1.29 is 9.53 Å². The zero-order chi connectivity index (χ0) is 18.5. The van der Waals surface area contributed by atoms with E-state index in [1.165, 1.54) is 22.0 Å². The summed E-state index contributed by atoms with van der Waals surface area (Å²) in [5, 5.41) is 3.94. The van der Waals surface area contributed by atoms with Crippen molar-refractivity contribution in [3.63, 3.8) is 0 Å². The maximum atomic E-state index is 11.4. The van der Waals surface area contributed by atoms with Crippen LogP contribution in [0.1, 0.15) is 0 Å². The Kier molecular flexibility index (Phi) is 5.00. The molecule has 0 saturated heterocycles. The van der Waals surface area contributed by atoms with Crippen LogP contribution in [0.5, 0.6) is 0 Å². The highest BCUT2D eigenvalue weighted by molar-refractivity contribution is 7.95. The summed E-state index contributed by atoms with van der Waals surface area (Å²) < 4.78 is 5.29. The fourth-order valence-electron chi connectivity index (χ4n) is 3.48. The lowest BCUT2D eigenvalue weighted by Gasteiger charge is -2.26. The number of allylic oxidation sites excluding steroid dienone is 2. The fourth-order valence-corrected chi connectivity index (χ4v) is 7.51. The topological polar surface area (TPSA) is 26.3 Å². The van der Waals surface area contributed by atoms with Gasteiger partial charge >= 0.3 is 5.97 Å². The highest BCUT2D eigenvalue weighted by Gasteiger charge is 2.44. The molecule has 132 valence electrons. The number of cyclic esters (lactones) is 1. The SMILES string of the molecule is O=C1C=C/C(=C/C[P+](c2ccccc2)(c2ccccc2)c2ccccc2)O1. The van der Waals surface area contributed by atoms with E-state index in [1.807, 2.05) is 18.2 Å². The molecule has 0 aromatic heterocycles. The standard InChI is InChI=1S/C24H20O2P/c25-24-17-16-20(26-24)18-19-27(21-10-4-1-5-11-21,22-12-6-2-7-13-22)23-14-8-3-9-15-23/h1-18H,19H2/q+1/b20-18-. The van der Waals surface area contributed by atoms with E-state index >= 15 is 0 Å². The molecule has 3 aromatic carbocycles. The van der Waals surface area contributed by atoms with Crippen LogP contribution in [0.25, 0.3) is 0 Å². The minimum atomic E-state index is -1.93. The van der Waals surface area contributed by atoms with E-state index in [4.69, 9.17) is 4.74 Å². The molecule has 0 atom stereocenters. The van der Waals surface area contributed by atoms with Crippen LogP contribution in [0.3, 0.4) is 0 Å². The minimum absolute atomic E-state index is 0.302. The second-order valence-corrected chi connectivity index (χ2v) is 9.89. The monoisotopic (exact) mass is 371 g/mol. The Balaban J connectivity index is 1.92. The van der Waals surface area contributed by atoms with Gasteiger partial charge in [-0.25, -0.2) is 4.79 Å². The predicted molar refractivity (Wildman–Crippen MR) is 113 cm³/mol. The number of benzene rings is 3. The van der Waals surface area contributed by atoms with Gasteiger partial charge in [-0.3, -0.25) is 0 Å². The molecule has 3 heteroatoms. The fraction of sp³-hybridized carbons (Fsp3) is 0.0417. The van der Waals surface area contributed by atoms with E-state index in [0.29, 0.717) is 5.76 Å². The van der Waals surface area contributed by atoms with Crippen LogP contribution in [-0.2, 0) is 9.53 Å². The number of carbonyl (C=O) groups excluding carboxylic acids is 1. The molecule has 1 aliphatic rings. The first kappa shape index (κ1) is 17.5. The molecule has 0 bridgehead atoms. The molecule has 0 amide bonds. The average Bonchev–Trinajstić information content (AvgIpc) is 3.16. The summed E-state index contributed by atoms with van der Waals surface area (Å²) in [5.74, 6) is 0.330. The number of hydrogen-bond acceptors (Lipinski definition) is 2. The van der Waals surface area contributed by atoms with Crippen LogP contribution >= 0.6 is 7.26 Å². The van der Waals surface area contributed by atoms with Crippen LogP contribution < -0.4 is 15.9 Å². The number of carbonyl (C=O) groups is 1. The van der Waals surface area contributed by atoms with Crippen molar-refractivity contribution in [1.29, 1.82) is 0 Å². The number of hydrogen-bond donors (Lipinski definition) is 0. The van der Waals surface area contributed by atoms with Gasteiger partial charge in [0.2, 0.25) is 0 Å². The molecule has 0 saturated carbocycles. The van der Waals surface area contributed by atoms with Crippen LogP contribution in [0.15, 0.2) is 115 Å². The van der Waals surface area contributed by atoms with Crippen LogP contribution in [0.2, 0.25) is 0 Å². The lowest BCUT2D eigenvalue weighted by Crippen LogP contribution is -2.33. The van der Waals surface area contributed by atoms with Gasteiger partial charge in [0, 0.05) is 6.08 Å². The summed E-state index contributed by atoms with van der Waals surface area (Å²) in [6.07, 6.45) is 6.07. The normalized spacial score (nSPS) is 15.1. The largest absolute Gasteiger partial charge is 0.424 e. The van der Waals surface area contributed by atoms with Gasteiger partial charge in [-0.2, -0.15) is 0 Å². The molecule has 0 fully saturated rings. The number of rotatable bonds is 5. The molecule has 0 radical (unpaired) electrons. The van der Waals surface area contributed by atoms with E-state index in [2.05, 4.69) is 78.9 Å². The summed E-state index contributed by atoms with van der Waals surface area (Å²) in [5.41, 5.74) is 0. The number of esters is 1. The van der Waals surface area contributed by atoms with Gasteiger partial charge < -0.3 is 4.74 Å². The Morgan fingerprint density at radius 3 is 1.48 bits per heavy atom. The average molecular weight is 371 g/mol. The van der Waals surface area contributed by atoms with E-state index in [1.54, 1.807) is 6.08 Å². The second-order valence-electron chi connectivity index (χ2n) is 6.36. The lowest BCUT2D eigenvalue weighted by molar-refractivity contribution is -0.132. The highest BCUT2D eigenvalue weighted by atomic mass is 31.2. The van der Waals surface area contributed by atoms with Gasteiger partial charge in [0.1, 0.15) is 28.9 Å². The molecule has 0 spiro atoms. The van der Waals surface area contributed by atoms with Crippen molar-refractivity contribution >= 4 is 29.1 Å². The van der Waals surface area contributed by atoms with Gasteiger partial charge in [0.15, 0.2) is 0 Å². The van der Waals surface area contributed by atoms with Gasteiger partial charge in [0.25, 0.3) is 0 Å². The predicted octanol–water partition coefficient (Wildman–Crippen LogP) is 3.98. The van der Waals surface area contributed by atoms with E-state index in [-0.39, 0.29) is 5.97 Å². The molecule has 1 aliphatic heterocycles. The van der Waals surface area contributed by atoms with Crippen molar-refractivity contribution in [1.82, 2.24) is 0 Å². The Morgan fingerprint density at radius 1 is 0.667 bits per heavy atom. The summed E-state index contributed by atoms with van der Waals surface area (Å²) in [4.78, 5) is 11.4. The molecule has 2 nitrogen and oxygen atoms in total. The van der Waals surface area contributed by atoms with Gasteiger partial charge in [-0.1, -0.05) is 54.6 Å². The Morgan fingerprint density at radius 2 is 1.11 bits per heavy atom. The molecule has 0 N–H and O–H groups in total. The van der Waals surface area contributed by atoms with Crippen LogP contribution in [-0.4, -0.2) is 12.1 Å². The lowest BCUT2D eigenvalue weighted by atomic mass is 10.4. The van der Waals surface area contributed by atoms with Crippen LogP contribution in [0.4, 0.5) is 0 Å². The van der Waals surface area contributed by atoms with Crippen molar-refractivity contribution in [2.45, 2.75) is 0 Å². The molecule has 0 unspecified atom stereocenters. The van der Waals surface area contributed by atoms with Gasteiger partial charge in [-0.05, 0) is 48.6 Å². The molecule has 0 aliphatic carbocycles. The highest BCUT2D eigenvalue weighted by Crippen LogP contribution is 2.55. The molecule has 1 heterocycles. The third kappa shape index (κ3) is 3.49.